The van der Waals surface area contributed by atoms with Gasteiger partial charge in [-0.15, -0.1) is 0 Å². The predicted molar refractivity (Wildman–Crippen MR) is 127 cm³/mol. The Balaban J connectivity index is 1.21. The molecule has 0 aliphatic carbocycles. The molecule has 5 rings (SSSR count). The fourth-order valence-electron chi connectivity index (χ4n) is 4.23. The number of halogens is 1. The number of aryl methyl sites for hydroxylation is 1. The molecule has 1 unspecified atom stereocenters. The summed E-state index contributed by atoms with van der Waals surface area (Å²) in [4.78, 5) is 38.2. The topological polar surface area (TPSA) is 97.4 Å². The summed E-state index contributed by atoms with van der Waals surface area (Å²) in [6, 6.07) is 11.7. The first kappa shape index (κ1) is 22.9. The number of nitrogens with zero attached hydrogens (tertiary/aromatic N) is 6. The Bertz CT molecular complexity index is 1420. The molecule has 1 aliphatic rings. The van der Waals surface area contributed by atoms with Crippen LogP contribution in [0.5, 0.6) is 0 Å². The Morgan fingerprint density at radius 1 is 1.11 bits per heavy atom. The van der Waals surface area contributed by atoms with E-state index in [9.17, 15) is 14.0 Å². The molecule has 9 nitrogen and oxygen atoms in total. The second-order valence-electron chi connectivity index (χ2n) is 8.75. The van der Waals surface area contributed by atoms with Gasteiger partial charge >= 0.3 is 0 Å². The largest absolute Gasteiger partial charge is 0.339 e. The molecule has 35 heavy (non-hydrogen) atoms. The molecule has 0 N–H and O–H groups in total. The minimum atomic E-state index is -0.516. The molecular formula is C25H25FN6O3. The lowest BCUT2D eigenvalue weighted by Gasteiger charge is -2.36. The van der Waals surface area contributed by atoms with Crippen LogP contribution in [0.15, 0.2) is 58.1 Å². The number of carbonyl (C=O) groups excluding carboxylic acids is 1. The Hall–Kier alpha value is -3.92. The number of amides is 1. The van der Waals surface area contributed by atoms with E-state index in [1.807, 2.05) is 38.1 Å². The van der Waals surface area contributed by atoms with Gasteiger partial charge in [0.25, 0.3) is 5.56 Å². The van der Waals surface area contributed by atoms with Crippen LogP contribution in [0.1, 0.15) is 24.4 Å². The summed E-state index contributed by atoms with van der Waals surface area (Å²) in [7, 11) is 0. The Kier molecular flexibility index (Phi) is 6.12. The molecule has 4 aromatic rings. The summed E-state index contributed by atoms with van der Waals surface area (Å²) in [6.07, 6.45) is 1.33. The van der Waals surface area contributed by atoms with Crippen molar-refractivity contribution in [3.8, 4) is 11.4 Å². The quantitative estimate of drug-likeness (QED) is 0.437. The molecule has 0 spiro atoms. The maximum atomic E-state index is 13.6. The third-order valence-electron chi connectivity index (χ3n) is 6.42. The smallest absolute Gasteiger partial charge is 0.261 e. The summed E-state index contributed by atoms with van der Waals surface area (Å²) in [5, 5.41) is 4.27. The molecule has 2 aromatic carbocycles. The van der Waals surface area contributed by atoms with E-state index in [2.05, 4.69) is 20.0 Å². The Morgan fingerprint density at radius 3 is 2.60 bits per heavy atom. The number of hydrogen-bond donors (Lipinski definition) is 0. The highest BCUT2D eigenvalue weighted by atomic mass is 19.1. The van der Waals surface area contributed by atoms with Crippen molar-refractivity contribution in [2.45, 2.75) is 26.4 Å². The average Bonchev–Trinajstić information content (AvgIpc) is 3.36. The lowest BCUT2D eigenvalue weighted by Crippen LogP contribution is -2.50. The van der Waals surface area contributed by atoms with Crippen LogP contribution >= 0.6 is 0 Å². The Morgan fingerprint density at radius 2 is 1.86 bits per heavy atom. The van der Waals surface area contributed by atoms with Gasteiger partial charge in [0, 0.05) is 31.7 Å². The van der Waals surface area contributed by atoms with Crippen molar-refractivity contribution in [2.75, 3.05) is 26.2 Å². The van der Waals surface area contributed by atoms with Crippen molar-refractivity contribution in [3.63, 3.8) is 0 Å². The molecule has 0 radical (unpaired) electrons. The number of hydrogen-bond acceptors (Lipinski definition) is 7. The number of benzene rings is 2. The monoisotopic (exact) mass is 476 g/mol. The van der Waals surface area contributed by atoms with Gasteiger partial charge in [0.05, 0.1) is 23.3 Å². The van der Waals surface area contributed by atoms with Crippen LogP contribution in [0.3, 0.4) is 0 Å². The minimum Gasteiger partial charge on any atom is -0.339 e. The van der Waals surface area contributed by atoms with Crippen LogP contribution in [0.4, 0.5) is 4.39 Å². The molecule has 1 saturated heterocycles. The van der Waals surface area contributed by atoms with Gasteiger partial charge in [0.1, 0.15) is 12.4 Å². The van der Waals surface area contributed by atoms with Crippen LogP contribution in [0.25, 0.3) is 22.3 Å². The molecule has 0 bridgehead atoms. The van der Waals surface area contributed by atoms with Crippen LogP contribution in [-0.2, 0) is 11.3 Å². The summed E-state index contributed by atoms with van der Waals surface area (Å²) in [5.41, 5.74) is 2.02. The van der Waals surface area contributed by atoms with E-state index in [0.29, 0.717) is 43.4 Å². The molecule has 1 amide bonds. The molecule has 1 atom stereocenters. The first-order valence-electron chi connectivity index (χ1n) is 11.5. The van der Waals surface area contributed by atoms with Crippen molar-refractivity contribution < 1.29 is 13.7 Å². The van der Waals surface area contributed by atoms with Gasteiger partial charge in [-0.3, -0.25) is 19.1 Å². The van der Waals surface area contributed by atoms with Crippen LogP contribution in [0.2, 0.25) is 0 Å². The standard InChI is InChI=1S/C25H25FN6O3/c1-16-3-5-18(6-4-16)23-28-24(35-29-23)17(2)30-9-11-31(12-10-30)22(33)14-32-15-27-21-8-7-19(26)13-20(21)25(32)34/h3-8,13,15,17H,9-12,14H2,1-2H3. The highest BCUT2D eigenvalue weighted by Gasteiger charge is 2.28. The first-order chi connectivity index (χ1) is 16.9. The fraction of sp³-hybridized carbons (Fsp3) is 0.320. The summed E-state index contributed by atoms with van der Waals surface area (Å²) >= 11 is 0. The zero-order chi connectivity index (χ0) is 24.5. The molecule has 180 valence electrons. The van der Waals surface area contributed by atoms with Gasteiger partial charge in [-0.2, -0.15) is 4.98 Å². The van der Waals surface area contributed by atoms with Crippen molar-refractivity contribution in [1.82, 2.24) is 29.5 Å². The third kappa shape index (κ3) is 4.69. The zero-order valence-electron chi connectivity index (χ0n) is 19.5. The second kappa shape index (κ2) is 9.38. The van der Waals surface area contributed by atoms with E-state index < -0.39 is 11.4 Å². The SMILES string of the molecule is Cc1ccc(-c2noc(C(C)N3CCN(C(=O)Cn4cnc5ccc(F)cc5c4=O)CC3)n2)cc1. The Labute approximate surface area is 200 Å². The highest BCUT2D eigenvalue weighted by molar-refractivity contribution is 5.79. The second-order valence-corrected chi connectivity index (χ2v) is 8.75. The number of rotatable bonds is 5. The molecule has 1 aliphatic heterocycles. The van der Waals surface area contributed by atoms with Crippen LogP contribution in [-0.4, -0.2) is 61.6 Å². The van der Waals surface area contributed by atoms with E-state index in [-0.39, 0.29) is 23.9 Å². The molecule has 1 fully saturated rings. The van der Waals surface area contributed by atoms with E-state index in [1.54, 1.807) is 4.90 Å². The maximum Gasteiger partial charge on any atom is 0.261 e. The summed E-state index contributed by atoms with van der Waals surface area (Å²) in [6.45, 7) is 6.16. The van der Waals surface area contributed by atoms with Crippen molar-refractivity contribution in [2.24, 2.45) is 0 Å². The summed E-state index contributed by atoms with van der Waals surface area (Å²) in [5.74, 6) is 0.380. The molecule has 3 heterocycles. The van der Waals surface area contributed by atoms with E-state index in [1.165, 1.54) is 23.0 Å². The van der Waals surface area contributed by atoms with E-state index in [4.69, 9.17) is 4.52 Å². The van der Waals surface area contributed by atoms with Gasteiger partial charge in [0.2, 0.25) is 17.6 Å². The van der Waals surface area contributed by atoms with Crippen molar-refractivity contribution >= 4 is 16.8 Å². The molecule has 10 heteroatoms. The molecule has 0 saturated carbocycles. The zero-order valence-corrected chi connectivity index (χ0v) is 19.5. The van der Waals surface area contributed by atoms with Crippen LogP contribution < -0.4 is 5.56 Å². The van der Waals surface area contributed by atoms with Crippen molar-refractivity contribution in [1.29, 1.82) is 0 Å². The van der Waals surface area contributed by atoms with Gasteiger partial charge in [-0.1, -0.05) is 35.0 Å². The normalized spacial score (nSPS) is 15.5. The lowest BCUT2D eigenvalue weighted by atomic mass is 10.1. The highest BCUT2D eigenvalue weighted by Crippen LogP contribution is 2.24. The first-order valence-corrected chi connectivity index (χ1v) is 11.5. The number of piperazine rings is 1. The van der Waals surface area contributed by atoms with Crippen LogP contribution in [0, 0.1) is 12.7 Å². The lowest BCUT2D eigenvalue weighted by molar-refractivity contribution is -0.134. The minimum absolute atomic E-state index is 0.0962. The third-order valence-corrected chi connectivity index (χ3v) is 6.42. The van der Waals surface area contributed by atoms with E-state index >= 15 is 0 Å². The van der Waals surface area contributed by atoms with Gasteiger partial charge in [-0.05, 0) is 32.0 Å². The number of aromatic nitrogens is 4. The number of fused-ring (bicyclic) bond motifs is 1. The van der Waals surface area contributed by atoms with Gasteiger partial charge in [0.15, 0.2) is 0 Å². The van der Waals surface area contributed by atoms with Gasteiger partial charge < -0.3 is 9.42 Å². The fourth-order valence-corrected chi connectivity index (χ4v) is 4.23. The average molecular weight is 477 g/mol. The predicted octanol–water partition coefficient (Wildman–Crippen LogP) is 2.80. The van der Waals surface area contributed by atoms with E-state index in [0.717, 1.165) is 17.2 Å². The van der Waals surface area contributed by atoms with Gasteiger partial charge in [-0.25, -0.2) is 9.37 Å². The summed E-state index contributed by atoms with van der Waals surface area (Å²) < 4.78 is 20.3. The molecule has 2 aromatic heterocycles. The maximum absolute atomic E-state index is 13.6. The molecular weight excluding hydrogens is 451 g/mol. The van der Waals surface area contributed by atoms with Crippen molar-refractivity contribution in [3.05, 3.63) is 76.4 Å². The number of carbonyl (C=O) groups is 1.